The molecule has 0 saturated heterocycles. The zero-order chi connectivity index (χ0) is 22.2. The molecule has 158 valence electrons. The molecule has 1 aromatic heterocycles. The number of nitrogens with zero attached hydrogens (tertiary/aromatic N) is 2. The van der Waals surface area contributed by atoms with Crippen LogP contribution in [0, 0.1) is 6.92 Å². The number of carbonyl (C=O) groups is 1. The van der Waals surface area contributed by atoms with Crippen LogP contribution in [0.25, 0.3) is 10.9 Å². The van der Waals surface area contributed by atoms with Gasteiger partial charge >= 0.3 is 0 Å². The van der Waals surface area contributed by atoms with Gasteiger partial charge in [-0.05, 0) is 56.2 Å². The minimum atomic E-state index is -3.92. The Morgan fingerprint density at radius 3 is 2.50 bits per heavy atom. The van der Waals surface area contributed by atoms with Crippen molar-refractivity contribution in [3.63, 3.8) is 0 Å². The summed E-state index contributed by atoms with van der Waals surface area (Å²) in [6.45, 7) is 5.81. The van der Waals surface area contributed by atoms with Gasteiger partial charge in [-0.15, -0.1) is 0 Å². The average molecular weight is 428 g/mol. The molecule has 0 aliphatic rings. The number of benzene rings is 2. The van der Waals surface area contributed by atoms with Gasteiger partial charge in [0.25, 0.3) is 15.9 Å². The van der Waals surface area contributed by atoms with Crippen LogP contribution in [0.2, 0.25) is 0 Å². The first-order chi connectivity index (χ1) is 14.1. The van der Waals surface area contributed by atoms with Crippen LogP contribution in [0.1, 0.15) is 42.2 Å². The maximum Gasteiger partial charge on any atom is 0.264 e. The summed E-state index contributed by atoms with van der Waals surface area (Å²) in [5.41, 5.74) is 6.65. The molecule has 7 nitrogen and oxygen atoms in total. The number of aryl methyl sites for hydroxylation is 1. The van der Waals surface area contributed by atoms with E-state index in [1.54, 1.807) is 28.8 Å². The quantitative estimate of drug-likeness (QED) is 0.652. The fraction of sp³-hybridized carbons (Fsp3) is 0.273. The Labute approximate surface area is 175 Å². The highest BCUT2D eigenvalue weighted by Crippen LogP contribution is 2.26. The largest absolute Gasteiger partial charge is 0.365 e. The molecule has 1 amide bonds. The first-order valence-electron chi connectivity index (χ1n) is 9.62. The Morgan fingerprint density at radius 1 is 1.20 bits per heavy atom. The van der Waals surface area contributed by atoms with Crippen molar-refractivity contribution in [1.82, 2.24) is 4.57 Å². The van der Waals surface area contributed by atoms with Crippen LogP contribution in [-0.4, -0.2) is 25.9 Å². The fourth-order valence-corrected chi connectivity index (χ4v) is 4.57. The number of amides is 1. The summed E-state index contributed by atoms with van der Waals surface area (Å²) in [5.74, 6) is -0.843. The molecule has 0 spiro atoms. The van der Waals surface area contributed by atoms with Crippen molar-refractivity contribution in [1.29, 1.82) is 0 Å². The summed E-state index contributed by atoms with van der Waals surface area (Å²) in [4.78, 5) is 24.7. The maximum absolute atomic E-state index is 13.2. The number of aromatic nitrogens is 1. The van der Waals surface area contributed by atoms with Crippen LogP contribution in [0.4, 0.5) is 5.69 Å². The van der Waals surface area contributed by atoms with Crippen molar-refractivity contribution in [3.8, 4) is 0 Å². The predicted molar refractivity (Wildman–Crippen MR) is 118 cm³/mol. The molecule has 0 aliphatic heterocycles. The van der Waals surface area contributed by atoms with Crippen molar-refractivity contribution in [2.24, 2.45) is 5.73 Å². The number of fused-ring (bicyclic) bond motifs is 1. The van der Waals surface area contributed by atoms with Gasteiger partial charge in [-0.25, -0.2) is 8.42 Å². The van der Waals surface area contributed by atoms with Crippen LogP contribution in [0.3, 0.4) is 0 Å². The molecular formula is C22H25N3O4S. The summed E-state index contributed by atoms with van der Waals surface area (Å²) in [6, 6.07) is 11.5. The molecule has 0 fully saturated rings. The molecule has 3 aromatic rings. The lowest BCUT2D eigenvalue weighted by molar-refractivity contribution is 0.0998. The SMILES string of the molecule is CCC(C)n1cc(C(N)=O)c(=O)c2cc(S(=O)(=O)N(C)c3cccc(C)c3)ccc21. The van der Waals surface area contributed by atoms with Gasteiger partial charge in [0.1, 0.15) is 5.56 Å². The van der Waals surface area contributed by atoms with Crippen molar-refractivity contribution < 1.29 is 13.2 Å². The first kappa shape index (κ1) is 21.6. The van der Waals surface area contributed by atoms with Crippen LogP contribution >= 0.6 is 0 Å². The second-order valence-electron chi connectivity index (χ2n) is 7.39. The van der Waals surface area contributed by atoms with Gasteiger partial charge in [0.15, 0.2) is 0 Å². The number of primary amides is 1. The lowest BCUT2D eigenvalue weighted by Crippen LogP contribution is -2.28. The predicted octanol–water partition coefficient (Wildman–Crippen LogP) is 3.20. The number of rotatable bonds is 6. The lowest BCUT2D eigenvalue weighted by atomic mass is 10.1. The second-order valence-corrected chi connectivity index (χ2v) is 9.36. The maximum atomic E-state index is 13.2. The Balaban J connectivity index is 2.24. The van der Waals surface area contributed by atoms with Crippen molar-refractivity contribution in [2.75, 3.05) is 11.4 Å². The van der Waals surface area contributed by atoms with Crippen LogP contribution in [0.15, 0.2) is 58.4 Å². The van der Waals surface area contributed by atoms with E-state index in [0.717, 1.165) is 12.0 Å². The van der Waals surface area contributed by atoms with E-state index in [1.807, 2.05) is 26.8 Å². The van der Waals surface area contributed by atoms with Crippen LogP contribution in [0.5, 0.6) is 0 Å². The number of anilines is 1. The fourth-order valence-electron chi connectivity index (χ4n) is 3.35. The van der Waals surface area contributed by atoms with Gasteiger partial charge in [-0.1, -0.05) is 19.1 Å². The summed E-state index contributed by atoms with van der Waals surface area (Å²) in [6.07, 6.45) is 2.21. The third-order valence-corrected chi connectivity index (χ3v) is 7.14. The first-order valence-corrected chi connectivity index (χ1v) is 11.1. The van der Waals surface area contributed by atoms with Gasteiger partial charge < -0.3 is 10.3 Å². The second kappa shape index (κ2) is 7.95. The molecule has 30 heavy (non-hydrogen) atoms. The third kappa shape index (κ3) is 3.70. The summed E-state index contributed by atoms with van der Waals surface area (Å²) in [7, 11) is -2.46. The van der Waals surface area contributed by atoms with Gasteiger partial charge in [0.2, 0.25) is 5.43 Å². The number of pyridine rings is 1. The van der Waals surface area contributed by atoms with E-state index in [4.69, 9.17) is 5.73 Å². The third-order valence-electron chi connectivity index (χ3n) is 5.36. The minimum Gasteiger partial charge on any atom is -0.365 e. The van der Waals surface area contributed by atoms with E-state index in [1.165, 1.54) is 29.7 Å². The van der Waals surface area contributed by atoms with E-state index in [2.05, 4.69) is 0 Å². The number of carbonyl (C=O) groups excluding carboxylic acids is 1. The molecule has 0 radical (unpaired) electrons. The lowest BCUT2D eigenvalue weighted by Gasteiger charge is -2.21. The van der Waals surface area contributed by atoms with Crippen LogP contribution in [-0.2, 0) is 10.0 Å². The van der Waals surface area contributed by atoms with E-state index in [9.17, 15) is 18.0 Å². The number of hydrogen-bond acceptors (Lipinski definition) is 4. The van der Waals surface area contributed by atoms with Gasteiger partial charge in [-0.2, -0.15) is 0 Å². The van der Waals surface area contributed by atoms with Crippen molar-refractivity contribution in [2.45, 2.75) is 38.1 Å². The molecule has 2 N–H and O–H groups in total. The minimum absolute atomic E-state index is 0.0105. The summed E-state index contributed by atoms with van der Waals surface area (Å²) < 4.78 is 29.4. The Hall–Kier alpha value is -3.13. The van der Waals surface area contributed by atoms with Gasteiger partial charge in [0, 0.05) is 24.7 Å². The number of hydrogen-bond donors (Lipinski definition) is 1. The Bertz CT molecular complexity index is 1300. The highest BCUT2D eigenvalue weighted by atomic mass is 32.2. The molecule has 0 saturated carbocycles. The molecule has 1 heterocycles. The zero-order valence-corrected chi connectivity index (χ0v) is 18.2. The molecule has 8 heteroatoms. The molecule has 0 aliphatic carbocycles. The molecule has 1 atom stereocenters. The zero-order valence-electron chi connectivity index (χ0n) is 17.4. The molecule has 0 bridgehead atoms. The highest BCUT2D eigenvalue weighted by Gasteiger charge is 2.24. The van der Waals surface area contributed by atoms with E-state index in [0.29, 0.717) is 11.2 Å². The van der Waals surface area contributed by atoms with Gasteiger partial charge in [-0.3, -0.25) is 13.9 Å². The van der Waals surface area contributed by atoms with E-state index >= 15 is 0 Å². The monoisotopic (exact) mass is 427 g/mol. The van der Waals surface area contributed by atoms with Crippen LogP contribution < -0.4 is 15.5 Å². The number of nitrogens with two attached hydrogens (primary N) is 1. The molecular weight excluding hydrogens is 402 g/mol. The smallest absolute Gasteiger partial charge is 0.264 e. The van der Waals surface area contributed by atoms with E-state index < -0.39 is 21.4 Å². The Kier molecular flexibility index (Phi) is 5.72. The molecule has 2 aromatic carbocycles. The molecule has 1 unspecified atom stereocenters. The highest BCUT2D eigenvalue weighted by molar-refractivity contribution is 7.92. The molecule has 3 rings (SSSR count). The van der Waals surface area contributed by atoms with Gasteiger partial charge in [0.05, 0.1) is 16.1 Å². The van der Waals surface area contributed by atoms with Crippen molar-refractivity contribution in [3.05, 3.63) is 70.0 Å². The number of sulfonamides is 1. The van der Waals surface area contributed by atoms with E-state index in [-0.39, 0.29) is 21.9 Å². The Morgan fingerprint density at radius 2 is 1.90 bits per heavy atom. The van der Waals surface area contributed by atoms with Crippen molar-refractivity contribution >= 4 is 32.5 Å². The standard InChI is InChI=1S/C22H25N3O4S/c1-5-15(3)25-13-19(22(23)27)21(26)18-12-17(9-10-20(18)25)30(28,29)24(4)16-8-6-7-14(2)11-16/h6-13,15H,5H2,1-4H3,(H2,23,27). The average Bonchev–Trinajstić information content (AvgIpc) is 2.72. The summed E-state index contributed by atoms with van der Waals surface area (Å²) in [5, 5.41) is 0.144. The topological polar surface area (TPSA) is 102 Å². The normalized spacial score (nSPS) is 12.7. The summed E-state index contributed by atoms with van der Waals surface area (Å²) >= 11 is 0.